The number of esters is 1. The van der Waals surface area contributed by atoms with E-state index < -0.39 is 6.04 Å². The van der Waals surface area contributed by atoms with Gasteiger partial charge in [-0.05, 0) is 56.7 Å². The molecule has 0 bridgehead atoms. The van der Waals surface area contributed by atoms with Crippen molar-refractivity contribution in [3.05, 3.63) is 23.8 Å². The molecular formula is C17H25NO4. The second-order valence-electron chi connectivity index (χ2n) is 5.57. The number of benzene rings is 1. The van der Waals surface area contributed by atoms with Crippen LogP contribution in [0.5, 0.6) is 11.5 Å². The molecule has 1 fully saturated rings. The molecule has 0 saturated heterocycles. The molecule has 1 aromatic carbocycles. The van der Waals surface area contributed by atoms with Crippen LogP contribution < -0.4 is 15.2 Å². The molecule has 0 aliphatic heterocycles. The molecule has 1 aliphatic carbocycles. The summed E-state index contributed by atoms with van der Waals surface area (Å²) in [7, 11) is 1.62. The molecular weight excluding hydrogens is 282 g/mol. The van der Waals surface area contributed by atoms with E-state index in [9.17, 15) is 4.79 Å². The summed E-state index contributed by atoms with van der Waals surface area (Å²) < 4.78 is 16.3. The van der Waals surface area contributed by atoms with Gasteiger partial charge >= 0.3 is 5.97 Å². The summed E-state index contributed by atoms with van der Waals surface area (Å²) in [5, 5.41) is 0. The molecule has 0 aromatic heterocycles. The number of rotatable bonds is 7. The Bertz CT molecular complexity index is 497. The fourth-order valence-electron chi connectivity index (χ4n) is 2.71. The smallest absolute Gasteiger partial charge is 0.323 e. The van der Waals surface area contributed by atoms with E-state index in [1.807, 2.05) is 18.2 Å². The molecule has 0 radical (unpaired) electrons. The fraction of sp³-hybridized carbons (Fsp3) is 0.588. The highest BCUT2D eigenvalue weighted by molar-refractivity contribution is 5.75. The fourth-order valence-corrected chi connectivity index (χ4v) is 2.71. The van der Waals surface area contributed by atoms with Gasteiger partial charge in [0.25, 0.3) is 0 Å². The van der Waals surface area contributed by atoms with Crippen LogP contribution in [0.2, 0.25) is 0 Å². The maximum atomic E-state index is 11.6. The van der Waals surface area contributed by atoms with Gasteiger partial charge in [0.2, 0.25) is 0 Å². The predicted molar refractivity (Wildman–Crippen MR) is 84.2 cm³/mol. The largest absolute Gasteiger partial charge is 0.493 e. The molecule has 1 aromatic rings. The van der Waals surface area contributed by atoms with Crippen molar-refractivity contribution in [1.82, 2.24) is 0 Å². The maximum absolute atomic E-state index is 11.6. The van der Waals surface area contributed by atoms with Crippen molar-refractivity contribution >= 4 is 5.97 Å². The molecule has 122 valence electrons. The van der Waals surface area contributed by atoms with Gasteiger partial charge in [-0.25, -0.2) is 0 Å². The van der Waals surface area contributed by atoms with Gasteiger partial charge in [0, 0.05) is 0 Å². The number of carbonyl (C=O) groups excluding carboxylic acids is 1. The first-order valence-corrected chi connectivity index (χ1v) is 7.89. The van der Waals surface area contributed by atoms with Crippen molar-refractivity contribution in [2.24, 2.45) is 5.73 Å². The lowest BCUT2D eigenvalue weighted by molar-refractivity contribution is -0.144. The number of hydrogen-bond donors (Lipinski definition) is 1. The van der Waals surface area contributed by atoms with Crippen LogP contribution in [0.25, 0.3) is 0 Å². The van der Waals surface area contributed by atoms with Gasteiger partial charge in [0.15, 0.2) is 11.5 Å². The molecule has 0 spiro atoms. The SMILES string of the molecule is CCOC(=O)C(N)Cc1ccc(OC2CCCC2)c(OC)c1. The van der Waals surface area contributed by atoms with Crippen LogP contribution in [0.4, 0.5) is 0 Å². The van der Waals surface area contributed by atoms with Crippen molar-refractivity contribution < 1.29 is 19.0 Å². The van der Waals surface area contributed by atoms with Gasteiger partial charge in [-0.1, -0.05) is 6.07 Å². The van der Waals surface area contributed by atoms with E-state index in [2.05, 4.69) is 0 Å². The lowest BCUT2D eigenvalue weighted by atomic mass is 10.1. The highest BCUT2D eigenvalue weighted by atomic mass is 16.5. The maximum Gasteiger partial charge on any atom is 0.323 e. The lowest BCUT2D eigenvalue weighted by Crippen LogP contribution is -2.34. The molecule has 2 N–H and O–H groups in total. The number of methoxy groups -OCH3 is 1. The molecule has 22 heavy (non-hydrogen) atoms. The molecule has 1 unspecified atom stereocenters. The first kappa shape index (κ1) is 16.6. The van der Waals surface area contributed by atoms with E-state index in [0.29, 0.717) is 18.8 Å². The summed E-state index contributed by atoms with van der Waals surface area (Å²) in [5.41, 5.74) is 6.78. The average Bonchev–Trinajstić information content (AvgIpc) is 3.02. The highest BCUT2D eigenvalue weighted by Gasteiger charge is 2.20. The second-order valence-corrected chi connectivity index (χ2v) is 5.57. The van der Waals surface area contributed by atoms with Crippen molar-refractivity contribution in [1.29, 1.82) is 0 Å². The molecule has 2 rings (SSSR count). The summed E-state index contributed by atoms with van der Waals surface area (Å²) in [6.45, 7) is 2.10. The summed E-state index contributed by atoms with van der Waals surface area (Å²) in [6, 6.07) is 5.03. The molecule has 0 heterocycles. The molecule has 0 amide bonds. The Morgan fingerprint density at radius 3 is 2.68 bits per heavy atom. The third-order valence-corrected chi connectivity index (χ3v) is 3.87. The Kier molecular flexibility index (Phi) is 6.07. The molecule has 1 saturated carbocycles. The third-order valence-electron chi connectivity index (χ3n) is 3.87. The van der Waals surface area contributed by atoms with Gasteiger partial charge in [0.1, 0.15) is 6.04 Å². The highest BCUT2D eigenvalue weighted by Crippen LogP contribution is 2.32. The van der Waals surface area contributed by atoms with E-state index in [-0.39, 0.29) is 12.1 Å². The normalized spacial score (nSPS) is 16.3. The Morgan fingerprint density at radius 1 is 1.32 bits per heavy atom. The van der Waals surface area contributed by atoms with Gasteiger partial charge < -0.3 is 19.9 Å². The van der Waals surface area contributed by atoms with E-state index in [4.69, 9.17) is 19.9 Å². The second kappa shape index (κ2) is 8.03. The zero-order valence-corrected chi connectivity index (χ0v) is 13.3. The van der Waals surface area contributed by atoms with Gasteiger partial charge in [-0.15, -0.1) is 0 Å². The molecule has 5 heteroatoms. The number of hydrogen-bond acceptors (Lipinski definition) is 5. The number of ether oxygens (including phenoxy) is 3. The Labute approximate surface area is 131 Å². The van der Waals surface area contributed by atoms with Crippen LogP contribution in [0.15, 0.2) is 18.2 Å². The standard InChI is InChI=1S/C17H25NO4/c1-3-21-17(19)14(18)10-12-8-9-15(16(11-12)20-2)22-13-6-4-5-7-13/h8-9,11,13-14H,3-7,10,18H2,1-2H3. The average molecular weight is 307 g/mol. The zero-order chi connectivity index (χ0) is 15.9. The summed E-state index contributed by atoms with van der Waals surface area (Å²) >= 11 is 0. The Morgan fingerprint density at radius 2 is 2.05 bits per heavy atom. The summed E-state index contributed by atoms with van der Waals surface area (Å²) in [4.78, 5) is 11.6. The van der Waals surface area contributed by atoms with Crippen LogP contribution >= 0.6 is 0 Å². The summed E-state index contributed by atoms with van der Waals surface area (Å²) in [5.74, 6) is 1.05. The van der Waals surface area contributed by atoms with Crippen LogP contribution in [0.3, 0.4) is 0 Å². The summed E-state index contributed by atoms with van der Waals surface area (Å²) in [6.07, 6.45) is 5.33. The first-order valence-electron chi connectivity index (χ1n) is 7.89. The van der Waals surface area contributed by atoms with Crippen LogP contribution in [0, 0.1) is 0 Å². The van der Waals surface area contributed by atoms with Crippen LogP contribution in [-0.4, -0.2) is 31.8 Å². The quantitative estimate of drug-likeness (QED) is 0.784. The van der Waals surface area contributed by atoms with E-state index in [0.717, 1.165) is 24.2 Å². The van der Waals surface area contributed by atoms with Crippen molar-refractivity contribution in [3.8, 4) is 11.5 Å². The minimum absolute atomic E-state index is 0.279. The first-order chi connectivity index (χ1) is 10.6. The molecule has 1 atom stereocenters. The van der Waals surface area contributed by atoms with Crippen molar-refractivity contribution in [2.45, 2.75) is 51.2 Å². The van der Waals surface area contributed by atoms with Gasteiger partial charge in [0.05, 0.1) is 19.8 Å². The topological polar surface area (TPSA) is 70.8 Å². The van der Waals surface area contributed by atoms with E-state index in [1.165, 1.54) is 12.8 Å². The Hall–Kier alpha value is -1.75. The van der Waals surface area contributed by atoms with Crippen LogP contribution in [0.1, 0.15) is 38.2 Å². The third kappa shape index (κ3) is 4.37. The van der Waals surface area contributed by atoms with E-state index in [1.54, 1.807) is 14.0 Å². The number of carbonyl (C=O) groups is 1. The van der Waals surface area contributed by atoms with Gasteiger partial charge in [-0.3, -0.25) is 4.79 Å². The van der Waals surface area contributed by atoms with Crippen LogP contribution in [-0.2, 0) is 16.0 Å². The molecule has 1 aliphatic rings. The van der Waals surface area contributed by atoms with Crippen molar-refractivity contribution in [3.63, 3.8) is 0 Å². The zero-order valence-electron chi connectivity index (χ0n) is 13.3. The number of nitrogens with two attached hydrogens (primary N) is 1. The predicted octanol–water partition coefficient (Wildman–Crippen LogP) is 2.45. The lowest BCUT2D eigenvalue weighted by Gasteiger charge is -2.17. The van der Waals surface area contributed by atoms with Crippen molar-refractivity contribution in [2.75, 3.05) is 13.7 Å². The molecule has 5 nitrogen and oxygen atoms in total. The minimum atomic E-state index is -0.661. The minimum Gasteiger partial charge on any atom is -0.493 e. The monoisotopic (exact) mass is 307 g/mol. The van der Waals surface area contributed by atoms with E-state index >= 15 is 0 Å². The van der Waals surface area contributed by atoms with Gasteiger partial charge in [-0.2, -0.15) is 0 Å². The Balaban J connectivity index is 2.02.